The van der Waals surface area contributed by atoms with Crippen LogP contribution in [-0.2, 0) is 6.54 Å². The Hall–Kier alpha value is -3.03. The van der Waals surface area contributed by atoms with Crippen molar-refractivity contribution in [2.45, 2.75) is 6.54 Å². The van der Waals surface area contributed by atoms with E-state index in [1.54, 1.807) is 6.07 Å². The van der Waals surface area contributed by atoms with Crippen LogP contribution in [0.15, 0.2) is 35.4 Å². The van der Waals surface area contributed by atoms with Crippen LogP contribution in [0.5, 0.6) is 11.5 Å². The lowest BCUT2D eigenvalue weighted by atomic mass is 10.2. The standard InChI is InChI=1S/C13H11N5O3/c19-13-17-16-12-4-11(15-6-18(12)13)14-5-8-1-2-9-10(3-8)21-7-20-9/h1-4,6,14H,5,7H2,(H,17,19). The van der Waals surface area contributed by atoms with Crippen molar-refractivity contribution in [3.63, 3.8) is 0 Å². The Balaban J connectivity index is 1.53. The molecule has 106 valence electrons. The summed E-state index contributed by atoms with van der Waals surface area (Å²) in [7, 11) is 0. The Kier molecular flexibility index (Phi) is 2.53. The predicted molar refractivity (Wildman–Crippen MR) is 73.5 cm³/mol. The van der Waals surface area contributed by atoms with Crippen LogP contribution in [0.1, 0.15) is 5.56 Å². The van der Waals surface area contributed by atoms with Crippen LogP contribution < -0.4 is 20.5 Å². The highest BCUT2D eigenvalue weighted by Gasteiger charge is 2.13. The third kappa shape index (κ3) is 2.06. The molecule has 8 nitrogen and oxygen atoms in total. The molecule has 2 aromatic heterocycles. The van der Waals surface area contributed by atoms with Gasteiger partial charge in [0.05, 0.1) is 0 Å². The molecule has 0 atom stereocenters. The van der Waals surface area contributed by atoms with Gasteiger partial charge in [0.25, 0.3) is 0 Å². The van der Waals surface area contributed by atoms with Crippen LogP contribution in [0, 0.1) is 0 Å². The molecule has 0 spiro atoms. The number of ether oxygens (including phenoxy) is 2. The number of nitrogens with zero attached hydrogens (tertiary/aromatic N) is 3. The van der Waals surface area contributed by atoms with Crippen molar-refractivity contribution in [1.82, 2.24) is 19.6 Å². The first kappa shape index (κ1) is 11.8. The summed E-state index contributed by atoms with van der Waals surface area (Å²) in [4.78, 5) is 15.5. The van der Waals surface area contributed by atoms with E-state index < -0.39 is 0 Å². The maximum atomic E-state index is 11.3. The molecule has 1 aliphatic heterocycles. The van der Waals surface area contributed by atoms with E-state index in [0.29, 0.717) is 18.0 Å². The Morgan fingerprint density at radius 3 is 3.14 bits per heavy atom. The van der Waals surface area contributed by atoms with Crippen molar-refractivity contribution in [2.24, 2.45) is 0 Å². The van der Waals surface area contributed by atoms with E-state index in [1.807, 2.05) is 18.2 Å². The zero-order valence-corrected chi connectivity index (χ0v) is 10.9. The summed E-state index contributed by atoms with van der Waals surface area (Å²) in [6.07, 6.45) is 1.43. The summed E-state index contributed by atoms with van der Waals surface area (Å²) in [6, 6.07) is 7.46. The van der Waals surface area contributed by atoms with Crippen LogP contribution in [0.2, 0.25) is 0 Å². The van der Waals surface area contributed by atoms with E-state index in [2.05, 4.69) is 20.5 Å². The number of anilines is 1. The fourth-order valence-electron chi connectivity index (χ4n) is 2.15. The summed E-state index contributed by atoms with van der Waals surface area (Å²) in [6.45, 7) is 0.840. The van der Waals surface area contributed by atoms with Gasteiger partial charge in [-0.25, -0.2) is 19.3 Å². The van der Waals surface area contributed by atoms with Gasteiger partial charge < -0.3 is 14.8 Å². The van der Waals surface area contributed by atoms with E-state index in [-0.39, 0.29) is 12.5 Å². The number of hydrogen-bond donors (Lipinski definition) is 2. The van der Waals surface area contributed by atoms with Gasteiger partial charge in [0.1, 0.15) is 12.1 Å². The first-order valence-corrected chi connectivity index (χ1v) is 6.35. The van der Waals surface area contributed by atoms with Crippen molar-refractivity contribution < 1.29 is 9.47 Å². The molecule has 0 saturated heterocycles. The van der Waals surface area contributed by atoms with E-state index in [9.17, 15) is 4.79 Å². The highest BCUT2D eigenvalue weighted by Crippen LogP contribution is 2.32. The third-order valence-corrected chi connectivity index (χ3v) is 3.22. The highest BCUT2D eigenvalue weighted by molar-refractivity contribution is 5.49. The number of H-pyrrole nitrogens is 1. The van der Waals surface area contributed by atoms with Gasteiger partial charge in [0.2, 0.25) is 6.79 Å². The Morgan fingerprint density at radius 1 is 1.29 bits per heavy atom. The Morgan fingerprint density at radius 2 is 2.19 bits per heavy atom. The second-order valence-electron chi connectivity index (χ2n) is 4.57. The molecular weight excluding hydrogens is 274 g/mol. The van der Waals surface area contributed by atoms with Gasteiger partial charge in [-0.1, -0.05) is 6.07 Å². The highest BCUT2D eigenvalue weighted by atomic mass is 16.7. The summed E-state index contributed by atoms with van der Waals surface area (Å²) in [5.74, 6) is 2.14. The van der Waals surface area contributed by atoms with Gasteiger partial charge in [-0.3, -0.25) is 0 Å². The second-order valence-corrected chi connectivity index (χ2v) is 4.57. The van der Waals surface area contributed by atoms with Crippen molar-refractivity contribution in [1.29, 1.82) is 0 Å². The SMILES string of the molecule is O=c1[nH]nc2cc(NCc3ccc4c(c3)OCO4)ncn12. The first-order chi connectivity index (χ1) is 10.3. The minimum atomic E-state index is -0.306. The average molecular weight is 285 g/mol. The van der Waals surface area contributed by atoms with Gasteiger partial charge >= 0.3 is 5.69 Å². The molecule has 0 amide bonds. The summed E-state index contributed by atoms with van der Waals surface area (Å²) < 4.78 is 11.9. The number of rotatable bonds is 3. The smallest absolute Gasteiger partial charge is 0.348 e. The van der Waals surface area contributed by atoms with Gasteiger partial charge in [0.15, 0.2) is 17.1 Å². The molecule has 0 radical (unpaired) electrons. The first-order valence-electron chi connectivity index (χ1n) is 6.35. The Bertz CT molecular complexity index is 870. The molecule has 0 saturated carbocycles. The topological polar surface area (TPSA) is 93.5 Å². The number of aromatic amines is 1. The minimum absolute atomic E-state index is 0.262. The number of fused-ring (bicyclic) bond motifs is 2. The molecule has 3 heterocycles. The molecule has 8 heteroatoms. The summed E-state index contributed by atoms with van der Waals surface area (Å²) >= 11 is 0. The molecule has 0 fully saturated rings. The molecule has 2 N–H and O–H groups in total. The summed E-state index contributed by atoms with van der Waals surface area (Å²) in [5.41, 5.74) is 1.25. The lowest BCUT2D eigenvalue weighted by molar-refractivity contribution is 0.174. The zero-order valence-electron chi connectivity index (χ0n) is 10.9. The summed E-state index contributed by atoms with van der Waals surface area (Å²) in [5, 5.41) is 9.43. The van der Waals surface area contributed by atoms with Gasteiger partial charge in [-0.15, -0.1) is 0 Å². The van der Waals surface area contributed by atoms with E-state index in [1.165, 1.54) is 10.7 Å². The zero-order chi connectivity index (χ0) is 14.2. The van der Waals surface area contributed by atoms with E-state index in [4.69, 9.17) is 9.47 Å². The average Bonchev–Trinajstić information content (AvgIpc) is 3.11. The molecular formula is C13H11N5O3. The fraction of sp³-hybridized carbons (Fsp3) is 0.154. The van der Waals surface area contributed by atoms with Crippen molar-refractivity contribution in [3.05, 3.63) is 46.6 Å². The van der Waals surface area contributed by atoms with E-state index >= 15 is 0 Å². The predicted octanol–water partition coefficient (Wildman–Crippen LogP) is 0.758. The lowest BCUT2D eigenvalue weighted by Crippen LogP contribution is -2.10. The van der Waals surface area contributed by atoms with Crippen molar-refractivity contribution in [2.75, 3.05) is 12.1 Å². The number of benzene rings is 1. The number of nitrogens with one attached hydrogen (secondary N) is 2. The molecule has 0 aliphatic carbocycles. The maximum Gasteiger partial charge on any atom is 0.348 e. The molecule has 21 heavy (non-hydrogen) atoms. The Labute approximate surface area is 118 Å². The second kappa shape index (κ2) is 4.51. The largest absolute Gasteiger partial charge is 0.454 e. The quantitative estimate of drug-likeness (QED) is 0.738. The minimum Gasteiger partial charge on any atom is -0.454 e. The van der Waals surface area contributed by atoms with Gasteiger partial charge in [-0.05, 0) is 17.7 Å². The number of hydrogen-bond acceptors (Lipinski definition) is 6. The van der Waals surface area contributed by atoms with Crippen LogP contribution in [-0.4, -0.2) is 26.4 Å². The van der Waals surface area contributed by atoms with Gasteiger partial charge in [-0.2, -0.15) is 5.10 Å². The van der Waals surface area contributed by atoms with Crippen molar-refractivity contribution >= 4 is 11.5 Å². The molecule has 0 unspecified atom stereocenters. The van der Waals surface area contributed by atoms with Crippen LogP contribution in [0.25, 0.3) is 5.65 Å². The molecule has 0 bridgehead atoms. The number of aromatic nitrogens is 4. The fourth-order valence-corrected chi connectivity index (χ4v) is 2.15. The molecule has 1 aromatic carbocycles. The normalized spacial score (nSPS) is 12.8. The monoisotopic (exact) mass is 285 g/mol. The molecule has 1 aliphatic rings. The van der Waals surface area contributed by atoms with Crippen molar-refractivity contribution in [3.8, 4) is 11.5 Å². The van der Waals surface area contributed by atoms with Crippen LogP contribution >= 0.6 is 0 Å². The van der Waals surface area contributed by atoms with Gasteiger partial charge in [0, 0.05) is 12.6 Å². The molecule has 4 rings (SSSR count). The van der Waals surface area contributed by atoms with E-state index in [0.717, 1.165) is 17.1 Å². The lowest BCUT2D eigenvalue weighted by Gasteiger charge is -2.06. The van der Waals surface area contributed by atoms with Crippen LogP contribution in [0.3, 0.4) is 0 Å². The van der Waals surface area contributed by atoms with Crippen LogP contribution in [0.4, 0.5) is 5.82 Å². The maximum absolute atomic E-state index is 11.3. The molecule has 3 aromatic rings. The third-order valence-electron chi connectivity index (χ3n) is 3.22.